The molecule has 61 heavy (non-hydrogen) atoms. The monoisotopic (exact) mass is 802 g/mol. The molecule has 4 heteroatoms. The van der Waals surface area contributed by atoms with Crippen molar-refractivity contribution in [3.63, 3.8) is 0 Å². The molecule has 11 aromatic rings. The fraction of sp³-hybridized carbons (Fsp3) is 0.0526. The van der Waals surface area contributed by atoms with Crippen LogP contribution < -0.4 is 4.90 Å². The average Bonchev–Trinajstić information content (AvgIpc) is 3.92. The number of hydrogen-bond donors (Lipinski definition) is 0. The topological polar surface area (TPSA) is 8.17 Å². The van der Waals surface area contributed by atoms with Gasteiger partial charge in [-0.25, -0.2) is 4.39 Å². The van der Waals surface area contributed by atoms with E-state index in [-0.39, 0.29) is 11.2 Å². The van der Waals surface area contributed by atoms with E-state index in [1.54, 1.807) is 12.1 Å². The summed E-state index contributed by atoms with van der Waals surface area (Å²) in [5.41, 5.74) is 16.3. The molecule has 0 aliphatic heterocycles. The number of halogens is 1. The largest absolute Gasteiger partial charge is 0.310 e. The Balaban J connectivity index is 0.963. The molecule has 0 bridgehead atoms. The van der Waals surface area contributed by atoms with Crippen molar-refractivity contribution in [1.29, 1.82) is 0 Å². The number of nitrogens with zero attached hydrogens (tertiary/aromatic N) is 2. The second-order valence-electron chi connectivity index (χ2n) is 16.7. The van der Waals surface area contributed by atoms with Gasteiger partial charge < -0.3 is 9.47 Å². The molecule has 0 saturated carbocycles. The van der Waals surface area contributed by atoms with Gasteiger partial charge in [0.2, 0.25) is 0 Å². The molecule has 0 saturated heterocycles. The van der Waals surface area contributed by atoms with Crippen molar-refractivity contribution < 1.29 is 4.39 Å². The van der Waals surface area contributed by atoms with Crippen LogP contribution in [0.4, 0.5) is 21.5 Å². The Kier molecular flexibility index (Phi) is 7.97. The van der Waals surface area contributed by atoms with E-state index < -0.39 is 0 Å². The van der Waals surface area contributed by atoms with Gasteiger partial charge in [-0.15, -0.1) is 11.3 Å². The van der Waals surface area contributed by atoms with E-state index in [0.717, 1.165) is 55.7 Å². The molecule has 0 unspecified atom stereocenters. The van der Waals surface area contributed by atoms with Gasteiger partial charge in [-0.2, -0.15) is 0 Å². The molecule has 0 spiro atoms. The van der Waals surface area contributed by atoms with E-state index in [1.807, 2.05) is 29.5 Å². The third-order valence-corrected chi connectivity index (χ3v) is 14.0. The normalized spacial score (nSPS) is 13.0. The zero-order chi connectivity index (χ0) is 40.8. The summed E-state index contributed by atoms with van der Waals surface area (Å²) < 4.78 is 19.3. The Hall–Kier alpha value is -7.27. The minimum atomic E-state index is -0.229. The first-order chi connectivity index (χ1) is 29.9. The van der Waals surface area contributed by atoms with E-state index in [0.29, 0.717) is 0 Å². The van der Waals surface area contributed by atoms with Crippen molar-refractivity contribution in [3.05, 3.63) is 217 Å². The van der Waals surface area contributed by atoms with Crippen molar-refractivity contribution in [1.82, 2.24) is 4.57 Å². The highest BCUT2D eigenvalue weighted by Crippen LogP contribution is 2.51. The molecule has 12 rings (SSSR count). The van der Waals surface area contributed by atoms with E-state index >= 15 is 0 Å². The Morgan fingerprint density at radius 3 is 1.92 bits per heavy atom. The summed E-state index contributed by atoms with van der Waals surface area (Å²) in [6.45, 7) is 4.67. The summed E-state index contributed by atoms with van der Waals surface area (Å²) in [7, 11) is 0. The van der Waals surface area contributed by atoms with Gasteiger partial charge in [-0.05, 0) is 129 Å². The van der Waals surface area contributed by atoms with Crippen LogP contribution in [-0.4, -0.2) is 4.57 Å². The standard InChI is InChI=1S/C57H39FN2S/c1-57(2)50-17-6-3-13-45(50)48-35-43(30-31-51(48)57)59(41-28-23-37(24-29-41)44-16-10-20-55-56(44)47-15-5-8-19-54(47)61-55)40-26-21-36(22-27-40)38-11-9-12-42(33-38)60-52-18-7-4-14-46(52)49-34-39(58)25-32-53(49)60/h3-35H,1-2H3. The fourth-order valence-corrected chi connectivity index (χ4v) is 11.1. The molecule has 2 heterocycles. The molecule has 0 atom stereocenters. The highest BCUT2D eigenvalue weighted by atomic mass is 32.1. The second-order valence-corrected chi connectivity index (χ2v) is 17.8. The summed E-state index contributed by atoms with van der Waals surface area (Å²) in [5.74, 6) is -0.229. The maximum Gasteiger partial charge on any atom is 0.123 e. The van der Waals surface area contributed by atoms with E-state index in [2.05, 4.69) is 193 Å². The summed E-state index contributed by atoms with van der Waals surface area (Å²) >= 11 is 1.86. The van der Waals surface area contributed by atoms with Crippen LogP contribution >= 0.6 is 11.3 Å². The number of hydrogen-bond acceptors (Lipinski definition) is 2. The van der Waals surface area contributed by atoms with Crippen LogP contribution in [0, 0.1) is 5.82 Å². The molecule has 2 aromatic heterocycles. The van der Waals surface area contributed by atoms with E-state index in [4.69, 9.17) is 0 Å². The highest BCUT2D eigenvalue weighted by Gasteiger charge is 2.35. The molecule has 290 valence electrons. The predicted octanol–water partition coefficient (Wildman–Crippen LogP) is 16.4. The quantitative estimate of drug-likeness (QED) is 0.163. The molecule has 0 N–H and O–H groups in total. The zero-order valence-corrected chi connectivity index (χ0v) is 34.5. The number of aromatic nitrogens is 1. The Bertz CT molecular complexity index is 3520. The van der Waals surface area contributed by atoms with E-state index in [9.17, 15) is 4.39 Å². The van der Waals surface area contributed by atoms with Crippen LogP contribution in [-0.2, 0) is 5.41 Å². The summed E-state index contributed by atoms with van der Waals surface area (Å²) in [4.78, 5) is 2.38. The van der Waals surface area contributed by atoms with Gasteiger partial charge in [-0.1, -0.05) is 129 Å². The number of thiophene rings is 1. The van der Waals surface area contributed by atoms with Gasteiger partial charge >= 0.3 is 0 Å². The van der Waals surface area contributed by atoms with Crippen LogP contribution in [0.5, 0.6) is 0 Å². The minimum Gasteiger partial charge on any atom is -0.310 e. The first-order valence-electron chi connectivity index (χ1n) is 20.9. The Morgan fingerprint density at radius 1 is 0.443 bits per heavy atom. The van der Waals surface area contributed by atoms with Gasteiger partial charge in [0, 0.05) is 59.1 Å². The molecule has 0 fully saturated rings. The first kappa shape index (κ1) is 35.7. The second kappa shape index (κ2) is 13.6. The zero-order valence-electron chi connectivity index (χ0n) is 33.7. The first-order valence-corrected chi connectivity index (χ1v) is 21.7. The van der Waals surface area contributed by atoms with Crippen LogP contribution in [0.25, 0.3) is 81.0 Å². The maximum atomic E-state index is 14.5. The summed E-state index contributed by atoms with van der Waals surface area (Å²) in [5, 5.41) is 4.57. The van der Waals surface area contributed by atoms with Crippen molar-refractivity contribution in [2.75, 3.05) is 4.90 Å². The summed E-state index contributed by atoms with van der Waals surface area (Å²) in [6, 6.07) is 71.2. The van der Waals surface area contributed by atoms with Gasteiger partial charge in [-0.3, -0.25) is 0 Å². The van der Waals surface area contributed by atoms with Gasteiger partial charge in [0.25, 0.3) is 0 Å². The average molecular weight is 803 g/mol. The molecular weight excluding hydrogens is 764 g/mol. The molecule has 1 aliphatic carbocycles. The predicted molar refractivity (Wildman–Crippen MR) is 257 cm³/mol. The lowest BCUT2D eigenvalue weighted by Crippen LogP contribution is -2.15. The highest BCUT2D eigenvalue weighted by molar-refractivity contribution is 7.25. The van der Waals surface area contributed by atoms with Crippen molar-refractivity contribution in [2.24, 2.45) is 0 Å². The van der Waals surface area contributed by atoms with Crippen molar-refractivity contribution in [3.8, 4) is 39.1 Å². The van der Waals surface area contributed by atoms with E-state index in [1.165, 1.54) is 53.6 Å². The molecule has 9 aromatic carbocycles. The number of para-hydroxylation sites is 1. The van der Waals surface area contributed by atoms with Gasteiger partial charge in [0.05, 0.1) is 11.0 Å². The number of benzene rings is 9. The summed E-state index contributed by atoms with van der Waals surface area (Å²) in [6.07, 6.45) is 0. The maximum absolute atomic E-state index is 14.5. The van der Waals surface area contributed by atoms with Crippen molar-refractivity contribution in [2.45, 2.75) is 19.3 Å². The number of fused-ring (bicyclic) bond motifs is 9. The van der Waals surface area contributed by atoms with Crippen LogP contribution in [0.15, 0.2) is 200 Å². The number of anilines is 3. The third-order valence-electron chi connectivity index (χ3n) is 12.9. The lowest BCUT2D eigenvalue weighted by Gasteiger charge is -2.27. The Morgan fingerprint density at radius 2 is 1.08 bits per heavy atom. The van der Waals surface area contributed by atoms with Crippen LogP contribution in [0.3, 0.4) is 0 Å². The fourth-order valence-electron chi connectivity index (χ4n) is 9.95. The molecule has 0 radical (unpaired) electrons. The lowest BCUT2D eigenvalue weighted by molar-refractivity contribution is 0.629. The molecule has 1 aliphatic rings. The van der Waals surface area contributed by atoms with Gasteiger partial charge in [0.15, 0.2) is 0 Å². The molecule has 2 nitrogen and oxygen atoms in total. The number of rotatable bonds is 6. The van der Waals surface area contributed by atoms with Crippen LogP contribution in [0.2, 0.25) is 0 Å². The molecule has 0 amide bonds. The molecular formula is C57H39FN2S. The van der Waals surface area contributed by atoms with Crippen molar-refractivity contribution >= 4 is 70.4 Å². The van der Waals surface area contributed by atoms with Gasteiger partial charge in [0.1, 0.15) is 5.82 Å². The minimum absolute atomic E-state index is 0.0740. The SMILES string of the molecule is CC1(C)c2ccccc2-c2cc(N(c3ccc(-c4cccc(-n5c6ccccc6c6cc(F)ccc65)c4)cc3)c3ccc(-c4cccc5sc6ccccc6c45)cc3)ccc21. The van der Waals surface area contributed by atoms with Crippen LogP contribution in [0.1, 0.15) is 25.0 Å². The smallest absolute Gasteiger partial charge is 0.123 e. The third kappa shape index (κ3) is 5.60. The Labute approximate surface area is 358 Å². The lowest BCUT2D eigenvalue weighted by atomic mass is 9.82.